The van der Waals surface area contributed by atoms with E-state index in [2.05, 4.69) is 55.3 Å². The molecule has 2 rings (SSSR count). The van der Waals surface area contributed by atoms with Crippen LogP contribution in [-0.4, -0.2) is 43.4 Å². The van der Waals surface area contributed by atoms with E-state index in [9.17, 15) is 9.59 Å². The van der Waals surface area contributed by atoms with Gasteiger partial charge < -0.3 is 16.0 Å². The topological polar surface area (TPSA) is 75.4 Å². The molecule has 0 fully saturated rings. The zero-order chi connectivity index (χ0) is 24.8. The standard InChI is InChI=1S/C28H43N3O2/c1-19(2)13-23(28(5)11-9-8-10-12-28)16-26(32)30-18-24(31(6)7)17-25-20(3)14-22(27(29)33)15-21(25)4/h8-11,14-15,19,23-24H,12-13,16-18H2,1-7H3,(H2,29,33)(H,30,32)/t23-,24-,28?/m0/s1. The normalized spacial score (nSPS) is 19.7. The van der Waals surface area contributed by atoms with E-state index in [0.717, 1.165) is 30.4 Å². The van der Waals surface area contributed by atoms with Gasteiger partial charge in [0, 0.05) is 24.6 Å². The summed E-state index contributed by atoms with van der Waals surface area (Å²) in [5.74, 6) is 0.566. The van der Waals surface area contributed by atoms with E-state index in [-0.39, 0.29) is 17.4 Å². The number of amides is 2. The highest BCUT2D eigenvalue weighted by Gasteiger charge is 2.33. The molecule has 182 valence electrons. The van der Waals surface area contributed by atoms with Crippen molar-refractivity contribution >= 4 is 11.8 Å². The summed E-state index contributed by atoms with van der Waals surface area (Å²) in [5, 5.41) is 3.22. The summed E-state index contributed by atoms with van der Waals surface area (Å²) in [4.78, 5) is 26.8. The van der Waals surface area contributed by atoms with Gasteiger partial charge in [0.1, 0.15) is 0 Å². The maximum Gasteiger partial charge on any atom is 0.248 e. The molecule has 1 unspecified atom stereocenters. The smallest absolute Gasteiger partial charge is 0.248 e. The summed E-state index contributed by atoms with van der Waals surface area (Å²) in [5.41, 5.74) is 9.35. The Morgan fingerprint density at radius 3 is 2.27 bits per heavy atom. The number of allylic oxidation sites excluding steroid dienone is 4. The zero-order valence-electron chi connectivity index (χ0n) is 21.6. The molecule has 0 bridgehead atoms. The molecule has 1 aliphatic rings. The van der Waals surface area contributed by atoms with E-state index in [4.69, 9.17) is 5.73 Å². The lowest BCUT2D eigenvalue weighted by Crippen LogP contribution is -2.43. The van der Waals surface area contributed by atoms with Gasteiger partial charge in [0.15, 0.2) is 0 Å². The second kappa shape index (κ2) is 11.6. The molecule has 3 atom stereocenters. The molecule has 1 aromatic rings. The van der Waals surface area contributed by atoms with Crippen molar-refractivity contribution in [2.75, 3.05) is 20.6 Å². The third-order valence-corrected chi connectivity index (χ3v) is 7.09. The van der Waals surface area contributed by atoms with Crippen molar-refractivity contribution in [1.29, 1.82) is 0 Å². The molecule has 33 heavy (non-hydrogen) atoms. The fraction of sp³-hybridized carbons (Fsp3) is 0.571. The summed E-state index contributed by atoms with van der Waals surface area (Å²) in [7, 11) is 4.09. The Hall–Kier alpha value is -2.40. The average Bonchev–Trinajstić information content (AvgIpc) is 2.72. The summed E-state index contributed by atoms with van der Waals surface area (Å²) in [6.45, 7) is 11.4. The largest absolute Gasteiger partial charge is 0.366 e. The first kappa shape index (κ1) is 26.8. The summed E-state index contributed by atoms with van der Waals surface area (Å²) >= 11 is 0. The van der Waals surface area contributed by atoms with Gasteiger partial charge in [-0.1, -0.05) is 45.1 Å². The van der Waals surface area contributed by atoms with Crippen LogP contribution in [0.2, 0.25) is 0 Å². The van der Waals surface area contributed by atoms with E-state index >= 15 is 0 Å². The summed E-state index contributed by atoms with van der Waals surface area (Å²) < 4.78 is 0. The first-order valence-corrected chi connectivity index (χ1v) is 12.1. The molecule has 0 aliphatic heterocycles. The number of nitrogens with one attached hydrogen (secondary N) is 1. The maximum absolute atomic E-state index is 13.0. The highest BCUT2D eigenvalue weighted by atomic mass is 16.1. The van der Waals surface area contributed by atoms with E-state index in [0.29, 0.717) is 30.4 Å². The number of carbonyl (C=O) groups is 2. The third kappa shape index (κ3) is 7.56. The second-order valence-electron chi connectivity index (χ2n) is 10.6. The van der Waals surface area contributed by atoms with Crippen molar-refractivity contribution in [2.45, 2.75) is 66.3 Å². The van der Waals surface area contributed by atoms with Gasteiger partial charge in [0.25, 0.3) is 0 Å². The average molecular weight is 454 g/mol. The molecule has 3 N–H and O–H groups in total. The van der Waals surface area contributed by atoms with Gasteiger partial charge in [0.2, 0.25) is 11.8 Å². The zero-order valence-corrected chi connectivity index (χ0v) is 21.6. The quantitative estimate of drug-likeness (QED) is 0.515. The Morgan fingerprint density at radius 1 is 1.15 bits per heavy atom. The Balaban J connectivity index is 2.07. The van der Waals surface area contributed by atoms with Gasteiger partial charge >= 0.3 is 0 Å². The van der Waals surface area contributed by atoms with Crippen molar-refractivity contribution in [2.24, 2.45) is 23.0 Å². The van der Waals surface area contributed by atoms with Crippen molar-refractivity contribution in [3.63, 3.8) is 0 Å². The lowest BCUT2D eigenvalue weighted by molar-refractivity contribution is -0.123. The van der Waals surface area contributed by atoms with Crippen LogP contribution in [0.1, 0.15) is 67.1 Å². The minimum absolute atomic E-state index is 0.0215. The SMILES string of the molecule is Cc1cc(C(N)=O)cc(C)c1C[C@@H](CNC(=O)C[C@H](CC(C)C)C1(C)C=CC=CC1)N(C)C. The highest BCUT2D eigenvalue weighted by Crippen LogP contribution is 2.41. The molecular formula is C28H43N3O2. The van der Waals surface area contributed by atoms with Crippen LogP contribution in [0.4, 0.5) is 0 Å². The highest BCUT2D eigenvalue weighted by molar-refractivity contribution is 5.93. The predicted octanol–water partition coefficient (Wildman–Crippen LogP) is 4.57. The first-order chi connectivity index (χ1) is 15.4. The van der Waals surface area contributed by atoms with Crippen LogP contribution < -0.4 is 11.1 Å². The van der Waals surface area contributed by atoms with Crippen LogP contribution in [0.15, 0.2) is 36.4 Å². The van der Waals surface area contributed by atoms with Crippen LogP contribution in [-0.2, 0) is 11.2 Å². The summed E-state index contributed by atoms with van der Waals surface area (Å²) in [6.07, 6.45) is 12.0. The van der Waals surface area contributed by atoms with Crippen molar-refractivity contribution in [1.82, 2.24) is 10.2 Å². The number of hydrogen-bond acceptors (Lipinski definition) is 3. The number of aryl methyl sites for hydroxylation is 2. The molecule has 0 heterocycles. The molecule has 5 heteroatoms. The number of nitrogens with two attached hydrogens (primary N) is 1. The van der Waals surface area contributed by atoms with E-state index in [1.54, 1.807) is 0 Å². The summed E-state index contributed by atoms with van der Waals surface area (Å²) in [6, 6.07) is 3.88. The van der Waals surface area contributed by atoms with Gasteiger partial charge in [-0.05, 0) is 93.3 Å². The second-order valence-corrected chi connectivity index (χ2v) is 10.6. The fourth-order valence-corrected chi connectivity index (χ4v) is 4.86. The predicted molar refractivity (Wildman–Crippen MR) is 137 cm³/mol. The van der Waals surface area contributed by atoms with Crippen LogP contribution in [0.25, 0.3) is 0 Å². The van der Waals surface area contributed by atoms with Crippen molar-refractivity contribution < 1.29 is 9.59 Å². The molecule has 2 amide bonds. The number of likely N-dealkylation sites (N-methyl/N-ethyl adjacent to an activating group) is 1. The van der Waals surface area contributed by atoms with Crippen molar-refractivity contribution in [3.05, 3.63) is 58.7 Å². The molecule has 1 aromatic carbocycles. The van der Waals surface area contributed by atoms with Crippen LogP contribution >= 0.6 is 0 Å². The fourth-order valence-electron chi connectivity index (χ4n) is 4.86. The number of benzene rings is 1. The third-order valence-electron chi connectivity index (χ3n) is 7.09. The van der Waals surface area contributed by atoms with Gasteiger partial charge in [-0.25, -0.2) is 0 Å². The number of primary amides is 1. The molecule has 1 aliphatic carbocycles. The first-order valence-electron chi connectivity index (χ1n) is 12.1. The molecule has 0 saturated heterocycles. The van der Waals surface area contributed by atoms with Gasteiger partial charge in [0.05, 0.1) is 0 Å². The van der Waals surface area contributed by atoms with E-state index in [1.807, 2.05) is 40.1 Å². The minimum Gasteiger partial charge on any atom is -0.366 e. The number of nitrogens with zero attached hydrogens (tertiary/aromatic N) is 1. The van der Waals surface area contributed by atoms with E-state index < -0.39 is 5.91 Å². The van der Waals surface area contributed by atoms with Crippen LogP contribution in [0.5, 0.6) is 0 Å². The number of rotatable bonds is 11. The molecule has 0 radical (unpaired) electrons. The Kier molecular flexibility index (Phi) is 9.47. The van der Waals surface area contributed by atoms with E-state index in [1.165, 1.54) is 5.56 Å². The number of hydrogen-bond donors (Lipinski definition) is 2. The lowest BCUT2D eigenvalue weighted by atomic mass is 9.68. The number of carbonyl (C=O) groups excluding carboxylic acids is 2. The lowest BCUT2D eigenvalue weighted by Gasteiger charge is -2.37. The Bertz CT molecular complexity index is 877. The van der Waals surface area contributed by atoms with Crippen LogP contribution in [0, 0.1) is 31.1 Å². The molecule has 5 nitrogen and oxygen atoms in total. The molecular weight excluding hydrogens is 410 g/mol. The molecule has 0 spiro atoms. The Labute approximate surface area is 200 Å². The minimum atomic E-state index is -0.405. The maximum atomic E-state index is 13.0. The van der Waals surface area contributed by atoms with Crippen LogP contribution in [0.3, 0.4) is 0 Å². The van der Waals surface area contributed by atoms with Gasteiger partial charge in [-0.2, -0.15) is 0 Å². The monoisotopic (exact) mass is 453 g/mol. The van der Waals surface area contributed by atoms with Gasteiger partial charge in [-0.3, -0.25) is 9.59 Å². The molecule has 0 saturated carbocycles. The molecule has 0 aromatic heterocycles. The Morgan fingerprint density at radius 2 is 1.79 bits per heavy atom. The van der Waals surface area contributed by atoms with Crippen molar-refractivity contribution in [3.8, 4) is 0 Å². The van der Waals surface area contributed by atoms with Gasteiger partial charge in [-0.15, -0.1) is 0 Å².